The summed E-state index contributed by atoms with van der Waals surface area (Å²) in [6, 6.07) is 11.4. The van der Waals surface area contributed by atoms with E-state index in [1.54, 1.807) is 36.7 Å². The fourth-order valence-corrected chi connectivity index (χ4v) is 2.74. The molecule has 0 saturated carbocycles. The molecule has 1 amide bonds. The van der Waals surface area contributed by atoms with Crippen molar-refractivity contribution >= 4 is 12.0 Å². The van der Waals surface area contributed by atoms with Gasteiger partial charge in [-0.25, -0.2) is 19.0 Å². The van der Waals surface area contributed by atoms with E-state index in [2.05, 4.69) is 25.4 Å². The Morgan fingerprint density at radius 2 is 2.06 bits per heavy atom. The second-order valence-electron chi connectivity index (χ2n) is 6.36. The molecule has 0 spiro atoms. The van der Waals surface area contributed by atoms with E-state index < -0.39 is 5.82 Å². The molecule has 0 unspecified atom stereocenters. The van der Waals surface area contributed by atoms with Gasteiger partial charge in [-0.05, 0) is 42.0 Å². The van der Waals surface area contributed by atoms with E-state index in [1.165, 1.54) is 47.8 Å². The molecule has 154 valence electrons. The fourth-order valence-electron chi connectivity index (χ4n) is 2.74. The summed E-state index contributed by atoms with van der Waals surface area (Å²) >= 11 is 0. The summed E-state index contributed by atoms with van der Waals surface area (Å²) in [5, 5.41) is 6.84. The second kappa shape index (κ2) is 9.40. The molecule has 0 aliphatic carbocycles. The maximum Gasteiger partial charge on any atom is 0.244 e. The monoisotopic (exact) mass is 416 g/mol. The molecule has 9 heteroatoms. The van der Waals surface area contributed by atoms with Crippen LogP contribution in [0.2, 0.25) is 0 Å². The first-order valence-corrected chi connectivity index (χ1v) is 9.31. The van der Waals surface area contributed by atoms with Gasteiger partial charge in [0.05, 0.1) is 6.20 Å². The van der Waals surface area contributed by atoms with Gasteiger partial charge in [-0.3, -0.25) is 9.78 Å². The van der Waals surface area contributed by atoms with Crippen LogP contribution in [-0.2, 0) is 11.3 Å². The number of aromatic nitrogens is 5. The van der Waals surface area contributed by atoms with Crippen LogP contribution in [0, 0.1) is 5.82 Å². The lowest BCUT2D eigenvalue weighted by Crippen LogP contribution is -2.21. The number of benzene rings is 1. The van der Waals surface area contributed by atoms with Gasteiger partial charge in [0.15, 0.2) is 17.4 Å². The standard InChI is InChI=1S/C22H17FN6O2/c23-19-11-16(5-7-20(19)31-18-4-2-9-24-13-18)6-8-21(30)27-12-17-3-1-10-26-22(17)29-15-25-14-28-29/h1-11,13-15H,12H2,(H,27,30)/b8-6+. The Hall–Kier alpha value is -4.40. The fraction of sp³-hybridized carbons (Fsp3) is 0.0455. The van der Waals surface area contributed by atoms with E-state index >= 15 is 0 Å². The number of carbonyl (C=O) groups is 1. The average Bonchev–Trinajstić information content (AvgIpc) is 3.34. The lowest BCUT2D eigenvalue weighted by atomic mass is 10.2. The number of rotatable bonds is 7. The zero-order chi connectivity index (χ0) is 21.5. The van der Waals surface area contributed by atoms with Crippen molar-refractivity contribution in [3.63, 3.8) is 0 Å². The third-order valence-corrected chi connectivity index (χ3v) is 4.20. The van der Waals surface area contributed by atoms with Crippen LogP contribution in [0.15, 0.2) is 79.8 Å². The molecule has 0 fully saturated rings. The first kappa shape index (κ1) is 19.9. The summed E-state index contributed by atoms with van der Waals surface area (Å²) in [5.74, 6) is 0.218. The molecular formula is C22H17FN6O2. The van der Waals surface area contributed by atoms with Crippen LogP contribution in [0.25, 0.3) is 11.9 Å². The van der Waals surface area contributed by atoms with Crippen molar-refractivity contribution in [2.45, 2.75) is 6.54 Å². The molecule has 1 N–H and O–H groups in total. The maximum absolute atomic E-state index is 14.3. The molecule has 0 bridgehead atoms. The predicted octanol–water partition coefficient (Wildman–Crippen LogP) is 3.32. The van der Waals surface area contributed by atoms with Crippen LogP contribution in [0.1, 0.15) is 11.1 Å². The Balaban J connectivity index is 1.37. The second-order valence-corrected chi connectivity index (χ2v) is 6.36. The van der Waals surface area contributed by atoms with Crippen LogP contribution in [0.4, 0.5) is 4.39 Å². The van der Waals surface area contributed by atoms with E-state index in [4.69, 9.17) is 4.74 Å². The summed E-state index contributed by atoms with van der Waals surface area (Å²) in [6.45, 7) is 0.248. The van der Waals surface area contributed by atoms with Crippen molar-refractivity contribution in [2.75, 3.05) is 0 Å². The zero-order valence-corrected chi connectivity index (χ0v) is 16.2. The topological polar surface area (TPSA) is 94.8 Å². The number of hydrogen-bond acceptors (Lipinski definition) is 6. The molecule has 3 heterocycles. The quantitative estimate of drug-likeness (QED) is 0.465. The third-order valence-electron chi connectivity index (χ3n) is 4.20. The first-order chi connectivity index (χ1) is 15.2. The normalized spacial score (nSPS) is 10.9. The van der Waals surface area contributed by atoms with Gasteiger partial charge in [0, 0.05) is 30.6 Å². The summed E-state index contributed by atoms with van der Waals surface area (Å²) < 4.78 is 21.3. The molecule has 8 nitrogen and oxygen atoms in total. The summed E-state index contributed by atoms with van der Waals surface area (Å²) in [7, 11) is 0. The summed E-state index contributed by atoms with van der Waals surface area (Å²) in [6.07, 6.45) is 10.5. The van der Waals surface area contributed by atoms with Gasteiger partial charge in [-0.2, -0.15) is 5.10 Å². The van der Waals surface area contributed by atoms with Crippen molar-refractivity contribution in [1.82, 2.24) is 30.0 Å². The molecule has 4 aromatic rings. The highest BCUT2D eigenvalue weighted by molar-refractivity contribution is 5.91. The smallest absolute Gasteiger partial charge is 0.244 e. The number of halogens is 1. The number of nitrogens with one attached hydrogen (secondary N) is 1. The van der Waals surface area contributed by atoms with Gasteiger partial charge >= 0.3 is 0 Å². The Morgan fingerprint density at radius 3 is 2.84 bits per heavy atom. The Kier molecular flexibility index (Phi) is 6.03. The van der Waals surface area contributed by atoms with Gasteiger partial charge < -0.3 is 10.1 Å². The average molecular weight is 416 g/mol. The molecule has 1 aromatic carbocycles. The minimum atomic E-state index is -0.542. The minimum absolute atomic E-state index is 0.0758. The van der Waals surface area contributed by atoms with E-state index in [0.29, 0.717) is 17.1 Å². The highest BCUT2D eigenvalue weighted by Gasteiger charge is 2.08. The largest absolute Gasteiger partial charge is 0.453 e. The van der Waals surface area contributed by atoms with Crippen LogP contribution < -0.4 is 10.1 Å². The molecule has 31 heavy (non-hydrogen) atoms. The van der Waals surface area contributed by atoms with Crippen LogP contribution in [0.5, 0.6) is 11.5 Å². The van der Waals surface area contributed by atoms with Gasteiger partial charge in [0.2, 0.25) is 5.91 Å². The third kappa shape index (κ3) is 5.15. The number of nitrogens with zero attached hydrogens (tertiary/aromatic N) is 5. The molecule has 4 rings (SSSR count). The molecule has 0 atom stereocenters. The SMILES string of the molecule is O=C(/C=C/c1ccc(Oc2cccnc2)c(F)c1)NCc1cccnc1-n1cncn1. The lowest BCUT2D eigenvalue weighted by molar-refractivity contribution is -0.116. The first-order valence-electron chi connectivity index (χ1n) is 9.31. The highest BCUT2D eigenvalue weighted by Crippen LogP contribution is 2.24. The Labute approximate surface area is 177 Å². The predicted molar refractivity (Wildman–Crippen MR) is 111 cm³/mol. The Bertz CT molecular complexity index is 1200. The van der Waals surface area contributed by atoms with Gasteiger partial charge in [-0.1, -0.05) is 12.1 Å². The Morgan fingerprint density at radius 1 is 1.16 bits per heavy atom. The van der Waals surface area contributed by atoms with E-state index in [1.807, 2.05) is 6.07 Å². The molecule has 3 aromatic heterocycles. The number of amides is 1. The number of carbonyl (C=O) groups excluding carboxylic acids is 1. The zero-order valence-electron chi connectivity index (χ0n) is 16.2. The van der Waals surface area contributed by atoms with E-state index in [9.17, 15) is 9.18 Å². The van der Waals surface area contributed by atoms with Crippen molar-refractivity contribution in [3.05, 3.63) is 96.7 Å². The lowest BCUT2D eigenvalue weighted by Gasteiger charge is -2.08. The van der Waals surface area contributed by atoms with Crippen LogP contribution in [0.3, 0.4) is 0 Å². The summed E-state index contributed by atoms with van der Waals surface area (Å²) in [5.41, 5.74) is 1.30. The molecule has 0 saturated heterocycles. The van der Waals surface area contributed by atoms with Crippen molar-refractivity contribution in [1.29, 1.82) is 0 Å². The number of ether oxygens (including phenoxy) is 1. The van der Waals surface area contributed by atoms with Gasteiger partial charge in [0.1, 0.15) is 18.4 Å². The molecule has 0 aliphatic heterocycles. The van der Waals surface area contributed by atoms with Crippen molar-refractivity contribution in [3.8, 4) is 17.3 Å². The van der Waals surface area contributed by atoms with Crippen molar-refractivity contribution < 1.29 is 13.9 Å². The maximum atomic E-state index is 14.3. The molecule has 0 radical (unpaired) electrons. The summed E-state index contributed by atoms with van der Waals surface area (Å²) in [4.78, 5) is 24.3. The molecule has 0 aliphatic rings. The molecular weight excluding hydrogens is 399 g/mol. The van der Waals surface area contributed by atoms with E-state index in [-0.39, 0.29) is 18.2 Å². The minimum Gasteiger partial charge on any atom is -0.453 e. The highest BCUT2D eigenvalue weighted by atomic mass is 19.1. The number of pyridine rings is 2. The van der Waals surface area contributed by atoms with Gasteiger partial charge in [-0.15, -0.1) is 0 Å². The van der Waals surface area contributed by atoms with Gasteiger partial charge in [0.25, 0.3) is 0 Å². The van der Waals surface area contributed by atoms with Crippen molar-refractivity contribution in [2.24, 2.45) is 0 Å². The number of hydrogen-bond donors (Lipinski definition) is 1. The van der Waals surface area contributed by atoms with Crippen LogP contribution in [-0.4, -0.2) is 30.6 Å². The van der Waals surface area contributed by atoms with E-state index in [0.717, 1.165) is 5.56 Å². The van der Waals surface area contributed by atoms with Crippen LogP contribution >= 0.6 is 0 Å².